The number of halogens is 3. The van der Waals surface area contributed by atoms with Crippen LogP contribution in [0, 0.1) is 11.8 Å². The average molecular weight is 347 g/mol. The van der Waals surface area contributed by atoms with Crippen molar-refractivity contribution in [2.75, 3.05) is 6.61 Å². The monoisotopic (exact) mass is 347 g/mol. The van der Waals surface area contributed by atoms with Gasteiger partial charge in [0.05, 0.1) is 11.5 Å². The molecule has 0 radical (unpaired) electrons. The Balaban J connectivity index is 1.61. The fourth-order valence-electron chi connectivity index (χ4n) is 4.84. The second-order valence-electron chi connectivity index (χ2n) is 7.83. The van der Waals surface area contributed by atoms with E-state index in [9.17, 15) is 18.0 Å². The van der Waals surface area contributed by atoms with Crippen molar-refractivity contribution >= 4 is 5.91 Å². The van der Waals surface area contributed by atoms with E-state index in [4.69, 9.17) is 4.74 Å². The second kappa shape index (κ2) is 7.22. The molecule has 1 aliphatic heterocycles. The molecular weight excluding hydrogens is 319 g/mol. The van der Waals surface area contributed by atoms with Crippen LogP contribution in [0.15, 0.2) is 0 Å². The zero-order chi connectivity index (χ0) is 17.2. The molecule has 24 heavy (non-hydrogen) atoms. The van der Waals surface area contributed by atoms with E-state index in [1.54, 1.807) is 0 Å². The maximum absolute atomic E-state index is 13.2. The van der Waals surface area contributed by atoms with Crippen molar-refractivity contribution in [2.24, 2.45) is 11.8 Å². The van der Waals surface area contributed by atoms with E-state index in [1.165, 1.54) is 6.42 Å². The first kappa shape index (κ1) is 18.0. The molecule has 1 saturated heterocycles. The van der Waals surface area contributed by atoms with Crippen LogP contribution in [0.2, 0.25) is 0 Å². The topological polar surface area (TPSA) is 38.3 Å². The quantitative estimate of drug-likeness (QED) is 0.806. The van der Waals surface area contributed by atoms with Crippen LogP contribution in [-0.4, -0.2) is 30.3 Å². The summed E-state index contributed by atoms with van der Waals surface area (Å²) < 4.78 is 45.7. The minimum Gasteiger partial charge on any atom is -0.375 e. The number of ether oxygens (including phenoxy) is 1. The summed E-state index contributed by atoms with van der Waals surface area (Å²) in [7, 11) is 0. The summed E-state index contributed by atoms with van der Waals surface area (Å²) in [5, 5.41) is 2.94. The predicted molar refractivity (Wildman–Crippen MR) is 84.4 cm³/mol. The summed E-state index contributed by atoms with van der Waals surface area (Å²) in [4.78, 5) is 12.5. The Morgan fingerprint density at radius 3 is 2.42 bits per heavy atom. The maximum Gasteiger partial charge on any atom is 0.392 e. The van der Waals surface area contributed by atoms with E-state index in [0.717, 1.165) is 32.1 Å². The van der Waals surface area contributed by atoms with Crippen LogP contribution in [-0.2, 0) is 9.53 Å². The number of alkyl halides is 3. The van der Waals surface area contributed by atoms with Crippen molar-refractivity contribution in [3.63, 3.8) is 0 Å². The molecule has 0 aromatic heterocycles. The standard InChI is InChI=1S/C18H28F3NO2/c19-18(20,21)15-7-3-2-6-14(15)16(23)22-13-8-11-24-17(12-13)9-4-1-5-10-17/h13-15H,1-12H2,(H,22,23)/t13-,14-,15-/m1/s1. The minimum absolute atomic E-state index is 0.0415. The van der Waals surface area contributed by atoms with Crippen LogP contribution >= 0.6 is 0 Å². The van der Waals surface area contributed by atoms with E-state index >= 15 is 0 Å². The fourth-order valence-corrected chi connectivity index (χ4v) is 4.84. The lowest BCUT2D eigenvalue weighted by molar-refractivity contribution is -0.198. The molecule has 3 rings (SSSR count). The van der Waals surface area contributed by atoms with Gasteiger partial charge in [-0.1, -0.05) is 32.1 Å². The largest absolute Gasteiger partial charge is 0.392 e. The number of hydrogen-bond donors (Lipinski definition) is 1. The fraction of sp³-hybridized carbons (Fsp3) is 0.944. The molecule has 2 saturated carbocycles. The number of amides is 1. The van der Waals surface area contributed by atoms with Crippen molar-refractivity contribution in [1.82, 2.24) is 5.32 Å². The summed E-state index contributed by atoms with van der Waals surface area (Å²) in [6.07, 6.45) is 4.40. The van der Waals surface area contributed by atoms with Crippen LogP contribution in [0.25, 0.3) is 0 Å². The van der Waals surface area contributed by atoms with Gasteiger partial charge in [-0.15, -0.1) is 0 Å². The summed E-state index contributed by atoms with van der Waals surface area (Å²) >= 11 is 0. The van der Waals surface area contributed by atoms with Gasteiger partial charge in [0, 0.05) is 18.6 Å². The highest BCUT2D eigenvalue weighted by molar-refractivity contribution is 5.79. The molecule has 3 aliphatic rings. The van der Waals surface area contributed by atoms with Gasteiger partial charge in [0.15, 0.2) is 0 Å². The van der Waals surface area contributed by atoms with Gasteiger partial charge in [-0.3, -0.25) is 4.79 Å². The van der Waals surface area contributed by atoms with E-state index in [0.29, 0.717) is 32.3 Å². The van der Waals surface area contributed by atoms with Crippen LogP contribution in [0.4, 0.5) is 13.2 Å². The van der Waals surface area contributed by atoms with Gasteiger partial charge < -0.3 is 10.1 Å². The van der Waals surface area contributed by atoms with Crippen molar-refractivity contribution in [2.45, 2.75) is 88.4 Å². The van der Waals surface area contributed by atoms with Gasteiger partial charge in [-0.25, -0.2) is 0 Å². The van der Waals surface area contributed by atoms with Gasteiger partial charge in [-0.2, -0.15) is 13.2 Å². The van der Waals surface area contributed by atoms with E-state index in [-0.39, 0.29) is 18.1 Å². The molecule has 0 unspecified atom stereocenters. The van der Waals surface area contributed by atoms with Gasteiger partial charge in [0.25, 0.3) is 0 Å². The van der Waals surface area contributed by atoms with Crippen molar-refractivity contribution in [3.8, 4) is 0 Å². The average Bonchev–Trinajstić information content (AvgIpc) is 2.55. The zero-order valence-electron chi connectivity index (χ0n) is 14.2. The van der Waals surface area contributed by atoms with Crippen LogP contribution < -0.4 is 5.32 Å². The van der Waals surface area contributed by atoms with Crippen LogP contribution in [0.1, 0.15) is 70.6 Å². The van der Waals surface area contributed by atoms with Crippen molar-refractivity contribution in [3.05, 3.63) is 0 Å². The lowest BCUT2D eigenvalue weighted by atomic mass is 9.76. The molecule has 3 fully saturated rings. The Bertz CT molecular complexity index is 441. The highest BCUT2D eigenvalue weighted by atomic mass is 19.4. The molecule has 0 aromatic rings. The van der Waals surface area contributed by atoms with Gasteiger partial charge in [0.1, 0.15) is 0 Å². The second-order valence-corrected chi connectivity index (χ2v) is 7.83. The molecule has 0 bridgehead atoms. The van der Waals surface area contributed by atoms with E-state index in [2.05, 4.69) is 5.32 Å². The van der Waals surface area contributed by atoms with E-state index in [1.807, 2.05) is 0 Å². The van der Waals surface area contributed by atoms with Gasteiger partial charge in [0.2, 0.25) is 5.91 Å². The smallest absolute Gasteiger partial charge is 0.375 e. The first-order valence-corrected chi connectivity index (χ1v) is 9.41. The summed E-state index contributed by atoms with van der Waals surface area (Å²) in [5.74, 6) is -2.78. The number of hydrogen-bond acceptors (Lipinski definition) is 2. The first-order chi connectivity index (χ1) is 11.4. The zero-order valence-corrected chi connectivity index (χ0v) is 14.2. The maximum atomic E-state index is 13.2. The number of carbonyl (C=O) groups excluding carboxylic acids is 1. The van der Waals surface area contributed by atoms with Crippen molar-refractivity contribution < 1.29 is 22.7 Å². The third-order valence-electron chi connectivity index (χ3n) is 6.13. The molecule has 1 heterocycles. The normalized spacial score (nSPS) is 34.0. The summed E-state index contributed by atoms with van der Waals surface area (Å²) in [6, 6.07) is -0.0415. The molecule has 1 amide bonds. The van der Waals surface area contributed by atoms with Crippen LogP contribution in [0.3, 0.4) is 0 Å². The molecule has 1 spiro atoms. The predicted octanol–water partition coefficient (Wildman–Crippen LogP) is 4.35. The molecule has 2 aliphatic carbocycles. The highest BCUT2D eigenvalue weighted by Crippen LogP contribution is 2.42. The molecule has 1 N–H and O–H groups in total. The molecule has 138 valence electrons. The van der Waals surface area contributed by atoms with Gasteiger partial charge >= 0.3 is 6.18 Å². The molecular formula is C18H28F3NO2. The molecule has 3 nitrogen and oxygen atoms in total. The number of carbonyl (C=O) groups is 1. The number of nitrogens with one attached hydrogen (secondary N) is 1. The Labute approximate surface area is 141 Å². The highest BCUT2D eigenvalue weighted by Gasteiger charge is 2.48. The third-order valence-corrected chi connectivity index (χ3v) is 6.13. The van der Waals surface area contributed by atoms with Crippen LogP contribution in [0.5, 0.6) is 0 Å². The van der Waals surface area contributed by atoms with E-state index < -0.39 is 23.9 Å². The van der Waals surface area contributed by atoms with Gasteiger partial charge in [-0.05, 0) is 38.5 Å². The van der Waals surface area contributed by atoms with Crippen molar-refractivity contribution in [1.29, 1.82) is 0 Å². The Kier molecular flexibility index (Phi) is 5.42. The Morgan fingerprint density at radius 2 is 1.71 bits per heavy atom. The molecule has 6 heteroatoms. The Morgan fingerprint density at radius 1 is 1.00 bits per heavy atom. The lowest BCUT2D eigenvalue weighted by Crippen LogP contribution is -2.52. The summed E-state index contributed by atoms with van der Waals surface area (Å²) in [5.41, 5.74) is -0.148. The third kappa shape index (κ3) is 4.06. The Hall–Kier alpha value is -0.780. The SMILES string of the molecule is O=C(N[C@@H]1CCOC2(CCCCC2)C1)[C@@H]1CCCC[C@H]1C(F)(F)F. The molecule has 0 aromatic carbocycles. The lowest BCUT2D eigenvalue weighted by Gasteiger charge is -2.44. The summed E-state index contributed by atoms with van der Waals surface area (Å²) in [6.45, 7) is 0.596. The first-order valence-electron chi connectivity index (χ1n) is 9.41. The number of rotatable bonds is 2. The molecule has 3 atom stereocenters. The minimum atomic E-state index is -4.28.